The van der Waals surface area contributed by atoms with Crippen molar-refractivity contribution in [3.8, 4) is 5.75 Å². The topological polar surface area (TPSA) is 32.8 Å². The number of hydrogen-bond donors (Lipinski definition) is 0. The van der Waals surface area contributed by atoms with Gasteiger partial charge < -0.3 is 9.64 Å². The van der Waals surface area contributed by atoms with Crippen molar-refractivity contribution in [2.45, 2.75) is 37.8 Å². The number of hydrogen-bond acceptors (Lipinski definition) is 3. The molecule has 0 N–H and O–H groups in total. The fourth-order valence-electron chi connectivity index (χ4n) is 4.29. The Morgan fingerprint density at radius 1 is 0.931 bits per heavy atom. The molecular formula is C23H26ClFN2O2. The van der Waals surface area contributed by atoms with E-state index < -0.39 is 0 Å². The van der Waals surface area contributed by atoms with Crippen molar-refractivity contribution in [3.63, 3.8) is 0 Å². The molecule has 2 fully saturated rings. The Bertz CT molecular complexity index is 829. The van der Waals surface area contributed by atoms with Crippen LogP contribution < -0.4 is 4.74 Å². The van der Waals surface area contributed by atoms with E-state index in [1.807, 2.05) is 4.90 Å². The Hall–Kier alpha value is -2.11. The molecule has 0 radical (unpaired) electrons. The molecule has 0 saturated carbocycles. The van der Waals surface area contributed by atoms with Crippen LogP contribution >= 0.6 is 11.6 Å². The van der Waals surface area contributed by atoms with Gasteiger partial charge in [0.2, 0.25) is 0 Å². The summed E-state index contributed by atoms with van der Waals surface area (Å²) in [7, 11) is 0. The molecule has 2 aliphatic rings. The first kappa shape index (κ1) is 20.2. The lowest BCUT2D eigenvalue weighted by Crippen LogP contribution is -2.50. The van der Waals surface area contributed by atoms with Crippen molar-refractivity contribution in [1.82, 2.24) is 9.80 Å². The molecule has 0 aliphatic carbocycles. The fourth-order valence-corrected chi connectivity index (χ4v) is 4.41. The van der Waals surface area contributed by atoms with Crippen molar-refractivity contribution < 1.29 is 13.9 Å². The largest absolute Gasteiger partial charge is 0.487 e. The average Bonchev–Trinajstić information content (AvgIpc) is 2.76. The number of benzene rings is 2. The first-order chi connectivity index (χ1) is 14.1. The predicted molar refractivity (Wildman–Crippen MR) is 112 cm³/mol. The van der Waals surface area contributed by atoms with Gasteiger partial charge in [-0.15, -0.1) is 0 Å². The average molecular weight is 417 g/mol. The highest BCUT2D eigenvalue weighted by Crippen LogP contribution is 2.25. The van der Waals surface area contributed by atoms with Crippen LogP contribution in [0.5, 0.6) is 5.75 Å². The zero-order valence-electron chi connectivity index (χ0n) is 16.4. The highest BCUT2D eigenvalue weighted by molar-refractivity contribution is 6.30. The Morgan fingerprint density at radius 3 is 2.24 bits per heavy atom. The number of halogens is 2. The molecule has 2 heterocycles. The number of likely N-dealkylation sites (tertiary alicyclic amines) is 2. The Morgan fingerprint density at radius 2 is 1.59 bits per heavy atom. The Labute approximate surface area is 176 Å². The quantitative estimate of drug-likeness (QED) is 0.728. The normalized spacial score (nSPS) is 19.3. The van der Waals surface area contributed by atoms with Gasteiger partial charge in [-0.2, -0.15) is 0 Å². The van der Waals surface area contributed by atoms with Crippen molar-refractivity contribution >= 4 is 17.5 Å². The summed E-state index contributed by atoms with van der Waals surface area (Å²) < 4.78 is 19.6. The van der Waals surface area contributed by atoms with Gasteiger partial charge in [0.25, 0.3) is 5.91 Å². The van der Waals surface area contributed by atoms with E-state index in [0.29, 0.717) is 22.4 Å². The second kappa shape index (κ2) is 9.14. The van der Waals surface area contributed by atoms with Crippen LogP contribution in [0.4, 0.5) is 4.39 Å². The van der Waals surface area contributed by atoms with Gasteiger partial charge in [0.05, 0.1) is 0 Å². The predicted octanol–water partition coefficient (Wildman–Crippen LogP) is 4.63. The van der Waals surface area contributed by atoms with Gasteiger partial charge in [-0.3, -0.25) is 9.69 Å². The lowest BCUT2D eigenvalue weighted by atomic mass is 9.98. The number of carbonyl (C=O) groups is 1. The number of piperidine rings is 2. The molecule has 4 rings (SSSR count). The maximum Gasteiger partial charge on any atom is 0.253 e. The van der Waals surface area contributed by atoms with E-state index in [4.69, 9.17) is 16.3 Å². The van der Waals surface area contributed by atoms with Gasteiger partial charge in [0, 0.05) is 42.8 Å². The molecule has 4 nitrogen and oxygen atoms in total. The van der Waals surface area contributed by atoms with Crippen LogP contribution in [0, 0.1) is 5.82 Å². The highest BCUT2D eigenvalue weighted by Gasteiger charge is 2.30. The summed E-state index contributed by atoms with van der Waals surface area (Å²) in [4.78, 5) is 17.1. The second-order valence-electron chi connectivity index (χ2n) is 7.81. The van der Waals surface area contributed by atoms with E-state index in [1.165, 1.54) is 6.07 Å². The van der Waals surface area contributed by atoms with E-state index in [-0.39, 0.29) is 17.8 Å². The summed E-state index contributed by atoms with van der Waals surface area (Å²) in [5, 5.41) is 0.641. The van der Waals surface area contributed by atoms with E-state index in [0.717, 1.165) is 51.9 Å². The van der Waals surface area contributed by atoms with Crippen molar-refractivity contribution in [3.05, 3.63) is 64.9 Å². The van der Waals surface area contributed by atoms with Gasteiger partial charge in [-0.25, -0.2) is 4.39 Å². The van der Waals surface area contributed by atoms with E-state index >= 15 is 0 Å². The number of carbonyl (C=O) groups excluding carboxylic acids is 1. The van der Waals surface area contributed by atoms with Crippen molar-refractivity contribution in [2.75, 3.05) is 26.2 Å². The molecule has 2 saturated heterocycles. The molecule has 2 aromatic rings. The van der Waals surface area contributed by atoms with E-state index in [9.17, 15) is 9.18 Å². The van der Waals surface area contributed by atoms with Gasteiger partial charge >= 0.3 is 0 Å². The van der Waals surface area contributed by atoms with Crippen LogP contribution in [-0.4, -0.2) is 54.0 Å². The molecule has 2 aromatic carbocycles. The second-order valence-corrected chi connectivity index (χ2v) is 8.25. The molecule has 29 heavy (non-hydrogen) atoms. The van der Waals surface area contributed by atoms with Gasteiger partial charge in [0.15, 0.2) is 11.6 Å². The minimum atomic E-state index is -0.298. The van der Waals surface area contributed by atoms with Crippen LogP contribution in [0.15, 0.2) is 48.5 Å². The Balaban J connectivity index is 1.24. The zero-order valence-corrected chi connectivity index (χ0v) is 17.2. The van der Waals surface area contributed by atoms with E-state index in [1.54, 1.807) is 42.5 Å². The standard InChI is InChI=1S/C23H26ClFN2O2/c24-18-7-5-17(6-8-18)23(28)27-13-9-19(10-14-27)26-15-11-20(12-16-26)29-22-4-2-1-3-21(22)25/h1-8,19-20H,9-16H2. The summed E-state index contributed by atoms with van der Waals surface area (Å²) in [6, 6.07) is 14.2. The lowest BCUT2D eigenvalue weighted by Gasteiger charge is -2.41. The maximum absolute atomic E-state index is 13.8. The molecular weight excluding hydrogens is 391 g/mol. The summed E-state index contributed by atoms with van der Waals surface area (Å²) in [5.74, 6) is 0.129. The molecule has 2 aliphatic heterocycles. The van der Waals surface area contributed by atoms with Crippen LogP contribution in [-0.2, 0) is 0 Å². The van der Waals surface area contributed by atoms with Gasteiger partial charge in [0.1, 0.15) is 6.10 Å². The molecule has 0 atom stereocenters. The van der Waals surface area contributed by atoms with Crippen LogP contribution in [0.2, 0.25) is 5.02 Å². The SMILES string of the molecule is O=C(c1ccc(Cl)cc1)N1CCC(N2CCC(Oc3ccccc3F)CC2)CC1. The number of para-hydroxylation sites is 1. The van der Waals surface area contributed by atoms with Crippen LogP contribution in [0.3, 0.4) is 0 Å². The van der Waals surface area contributed by atoms with Gasteiger partial charge in [-0.1, -0.05) is 23.7 Å². The third-order valence-corrected chi connectivity index (χ3v) is 6.22. The van der Waals surface area contributed by atoms with Crippen LogP contribution in [0.1, 0.15) is 36.0 Å². The van der Waals surface area contributed by atoms with Crippen molar-refractivity contribution in [1.29, 1.82) is 0 Å². The maximum atomic E-state index is 13.8. The fraction of sp³-hybridized carbons (Fsp3) is 0.435. The minimum Gasteiger partial charge on any atom is -0.487 e. The molecule has 154 valence electrons. The zero-order chi connectivity index (χ0) is 20.2. The third-order valence-electron chi connectivity index (χ3n) is 5.97. The van der Waals surface area contributed by atoms with Crippen LogP contribution in [0.25, 0.3) is 0 Å². The molecule has 0 bridgehead atoms. The minimum absolute atomic E-state index is 0.0646. The molecule has 1 amide bonds. The van der Waals surface area contributed by atoms with Crippen molar-refractivity contribution in [2.24, 2.45) is 0 Å². The number of nitrogens with zero attached hydrogens (tertiary/aromatic N) is 2. The molecule has 0 aromatic heterocycles. The lowest BCUT2D eigenvalue weighted by molar-refractivity contribution is 0.0416. The molecule has 6 heteroatoms. The smallest absolute Gasteiger partial charge is 0.253 e. The first-order valence-electron chi connectivity index (χ1n) is 10.3. The monoisotopic (exact) mass is 416 g/mol. The number of rotatable bonds is 4. The summed E-state index contributed by atoms with van der Waals surface area (Å²) in [6.45, 7) is 3.46. The van der Waals surface area contributed by atoms with Gasteiger partial charge in [-0.05, 0) is 62.1 Å². The summed E-state index contributed by atoms with van der Waals surface area (Å²) in [5.41, 5.74) is 0.693. The Kier molecular flexibility index (Phi) is 6.36. The highest BCUT2D eigenvalue weighted by atomic mass is 35.5. The molecule has 0 unspecified atom stereocenters. The summed E-state index contributed by atoms with van der Waals surface area (Å²) in [6.07, 6.45) is 3.84. The first-order valence-corrected chi connectivity index (χ1v) is 10.7. The molecule has 0 spiro atoms. The van der Waals surface area contributed by atoms with E-state index in [2.05, 4.69) is 4.90 Å². The summed E-state index contributed by atoms with van der Waals surface area (Å²) >= 11 is 5.91. The third kappa shape index (κ3) is 4.90. The number of ether oxygens (including phenoxy) is 1. The number of amides is 1.